The average Bonchev–Trinajstić information content (AvgIpc) is 3.13. The topological polar surface area (TPSA) is 92.5 Å². The summed E-state index contributed by atoms with van der Waals surface area (Å²) in [5.74, 6) is -1.68. The number of rotatable bonds is 11. The van der Waals surface area contributed by atoms with Crippen LogP contribution in [0.15, 0.2) is 97.1 Å². The molecule has 3 N–H and O–H groups in total. The third kappa shape index (κ3) is 6.48. The van der Waals surface area contributed by atoms with Gasteiger partial charge in [-0.05, 0) is 65.6 Å². The molecule has 3 unspecified atom stereocenters. The van der Waals surface area contributed by atoms with E-state index in [0.717, 1.165) is 64.8 Å². The molecule has 1 fully saturated rings. The van der Waals surface area contributed by atoms with Crippen LogP contribution in [0.5, 0.6) is 0 Å². The highest BCUT2D eigenvalue weighted by atomic mass is 16.2. The Bertz CT molecular complexity index is 1730. The van der Waals surface area contributed by atoms with Crippen LogP contribution < -0.4 is 16.0 Å². The molecule has 4 aromatic carbocycles. The number of carbonyl (C=O) groups excluding carboxylic acids is 3. The lowest BCUT2D eigenvalue weighted by Gasteiger charge is -2.33. The summed E-state index contributed by atoms with van der Waals surface area (Å²) >= 11 is 0. The number of anilines is 1. The summed E-state index contributed by atoms with van der Waals surface area (Å²) in [5.41, 5.74) is 13.6. The van der Waals surface area contributed by atoms with E-state index in [1.165, 1.54) is 5.56 Å². The van der Waals surface area contributed by atoms with Crippen LogP contribution in [-0.2, 0) is 20.9 Å². The largest absolute Gasteiger partial charge is 0.369 e. The lowest BCUT2D eigenvalue weighted by atomic mass is 9.73. The molecule has 1 heterocycles. The molecule has 4 aromatic rings. The first-order chi connectivity index (χ1) is 22.3. The van der Waals surface area contributed by atoms with Crippen LogP contribution in [0.25, 0.3) is 22.3 Å². The molecule has 46 heavy (non-hydrogen) atoms. The molecule has 3 atom stereocenters. The number of fused-ring (bicyclic) bond motifs is 3. The Morgan fingerprint density at radius 2 is 1.59 bits per heavy atom. The Hall–Kier alpha value is -4.71. The van der Waals surface area contributed by atoms with E-state index < -0.39 is 23.8 Å². The number of hydrogen-bond donors (Lipinski definition) is 2. The zero-order chi connectivity index (χ0) is 32.2. The Morgan fingerprint density at radius 1 is 0.870 bits per heavy atom. The smallest absolute Gasteiger partial charge is 0.254 e. The molecule has 236 valence electrons. The van der Waals surface area contributed by atoms with Gasteiger partial charge in [-0.1, -0.05) is 123 Å². The maximum Gasteiger partial charge on any atom is 0.254 e. The summed E-state index contributed by atoms with van der Waals surface area (Å²) in [6.07, 6.45) is 5.15. The maximum atomic E-state index is 14.8. The van der Waals surface area contributed by atoms with Crippen molar-refractivity contribution in [3.63, 3.8) is 0 Å². The highest BCUT2D eigenvalue weighted by molar-refractivity contribution is 6.06. The molecule has 6 rings (SSSR count). The van der Waals surface area contributed by atoms with E-state index in [4.69, 9.17) is 5.73 Å². The Kier molecular flexibility index (Phi) is 9.34. The van der Waals surface area contributed by atoms with Gasteiger partial charge in [0, 0.05) is 17.4 Å². The monoisotopic (exact) mass is 613 g/mol. The normalized spacial score (nSPS) is 17.2. The van der Waals surface area contributed by atoms with Crippen molar-refractivity contribution in [3.05, 3.63) is 114 Å². The average molecular weight is 614 g/mol. The van der Waals surface area contributed by atoms with Gasteiger partial charge < -0.3 is 16.0 Å². The summed E-state index contributed by atoms with van der Waals surface area (Å²) in [4.78, 5) is 43.5. The SMILES string of the molecule is CCCC(C(N)=O)C(CC1CCC1)C(=O)NC1C(=O)N(Cc2cccc(-c3ccc(C)cc3)c2)c2ccccc2-c2ccccc21. The Labute approximate surface area is 272 Å². The number of hydrogen-bond acceptors (Lipinski definition) is 3. The van der Waals surface area contributed by atoms with E-state index in [-0.39, 0.29) is 11.8 Å². The van der Waals surface area contributed by atoms with Crippen LogP contribution in [0, 0.1) is 24.7 Å². The highest BCUT2D eigenvalue weighted by Gasteiger charge is 2.40. The van der Waals surface area contributed by atoms with Gasteiger partial charge in [-0.15, -0.1) is 0 Å². The maximum absolute atomic E-state index is 14.8. The highest BCUT2D eigenvalue weighted by Crippen LogP contribution is 2.42. The van der Waals surface area contributed by atoms with E-state index in [1.54, 1.807) is 4.90 Å². The molecule has 0 saturated heterocycles. The Morgan fingerprint density at radius 3 is 2.28 bits per heavy atom. The molecule has 0 radical (unpaired) electrons. The number of primary amides is 1. The first kappa shape index (κ1) is 31.3. The number of nitrogens with zero attached hydrogens (tertiary/aromatic N) is 1. The van der Waals surface area contributed by atoms with Crippen molar-refractivity contribution in [2.24, 2.45) is 23.5 Å². The molecule has 6 nitrogen and oxygen atoms in total. The first-order valence-corrected chi connectivity index (χ1v) is 16.6. The van der Waals surface area contributed by atoms with E-state index in [1.807, 2.05) is 67.6 Å². The molecule has 0 bridgehead atoms. The number of para-hydroxylation sites is 1. The fourth-order valence-electron chi connectivity index (χ4n) is 7.06. The standard InChI is InChI=1S/C40H43N3O3/c1-3-10-34(38(41)44)35(24-27-11-8-12-27)39(45)42-37-33-17-5-4-15-31(33)32-16-6-7-18-36(32)43(40(37)46)25-28-13-9-14-30(23-28)29-21-19-26(2)20-22-29/h4-7,9,13-23,27,34-35,37H,3,8,10-12,24-25H2,1-2H3,(H2,41,44)(H,42,45). The molecule has 0 spiro atoms. The van der Waals surface area contributed by atoms with Gasteiger partial charge in [0.1, 0.15) is 6.04 Å². The zero-order valence-electron chi connectivity index (χ0n) is 26.7. The molecule has 3 amide bonds. The van der Waals surface area contributed by atoms with Crippen LogP contribution in [0.1, 0.15) is 68.2 Å². The summed E-state index contributed by atoms with van der Waals surface area (Å²) in [6, 6.07) is 31.5. The number of amides is 3. The molecule has 0 aromatic heterocycles. The molecular formula is C40H43N3O3. The summed E-state index contributed by atoms with van der Waals surface area (Å²) in [5, 5.41) is 3.17. The van der Waals surface area contributed by atoms with Gasteiger partial charge >= 0.3 is 0 Å². The van der Waals surface area contributed by atoms with E-state index >= 15 is 0 Å². The van der Waals surface area contributed by atoms with Crippen molar-refractivity contribution in [2.75, 3.05) is 4.90 Å². The van der Waals surface area contributed by atoms with Crippen LogP contribution in [0.4, 0.5) is 5.69 Å². The molecule has 1 aliphatic heterocycles. The van der Waals surface area contributed by atoms with Gasteiger partial charge in [0.25, 0.3) is 5.91 Å². The molecular weight excluding hydrogens is 570 g/mol. The second-order valence-corrected chi connectivity index (χ2v) is 13.0. The number of carbonyl (C=O) groups is 3. The van der Waals surface area contributed by atoms with E-state index in [2.05, 4.69) is 48.6 Å². The second kappa shape index (κ2) is 13.7. The van der Waals surface area contributed by atoms with Crippen molar-refractivity contribution < 1.29 is 14.4 Å². The van der Waals surface area contributed by atoms with E-state index in [0.29, 0.717) is 25.3 Å². The van der Waals surface area contributed by atoms with Gasteiger partial charge in [-0.25, -0.2) is 0 Å². The molecule has 6 heteroatoms. The van der Waals surface area contributed by atoms with Crippen molar-refractivity contribution in [2.45, 2.75) is 65.0 Å². The van der Waals surface area contributed by atoms with Crippen LogP contribution >= 0.6 is 0 Å². The lowest BCUT2D eigenvalue weighted by molar-refractivity contribution is -0.136. The Balaban J connectivity index is 1.38. The fraction of sp³-hybridized carbons (Fsp3) is 0.325. The number of nitrogens with two attached hydrogens (primary N) is 1. The number of nitrogens with one attached hydrogen (secondary N) is 1. The lowest BCUT2D eigenvalue weighted by Crippen LogP contribution is -2.47. The van der Waals surface area contributed by atoms with Crippen LogP contribution in [0.2, 0.25) is 0 Å². The predicted octanol–water partition coefficient (Wildman–Crippen LogP) is 7.74. The van der Waals surface area contributed by atoms with Gasteiger partial charge in [0.05, 0.1) is 12.2 Å². The second-order valence-electron chi connectivity index (χ2n) is 13.0. The molecule has 1 saturated carbocycles. The number of benzene rings is 4. The fourth-order valence-corrected chi connectivity index (χ4v) is 7.06. The van der Waals surface area contributed by atoms with Crippen molar-refractivity contribution in [1.29, 1.82) is 0 Å². The van der Waals surface area contributed by atoms with Gasteiger partial charge in [0.2, 0.25) is 11.8 Å². The summed E-state index contributed by atoms with van der Waals surface area (Å²) in [7, 11) is 0. The minimum absolute atomic E-state index is 0.208. The van der Waals surface area contributed by atoms with E-state index in [9.17, 15) is 14.4 Å². The van der Waals surface area contributed by atoms with Crippen LogP contribution in [0.3, 0.4) is 0 Å². The van der Waals surface area contributed by atoms with Crippen molar-refractivity contribution >= 4 is 23.4 Å². The minimum atomic E-state index is -0.921. The summed E-state index contributed by atoms with van der Waals surface area (Å²) < 4.78 is 0. The minimum Gasteiger partial charge on any atom is -0.369 e. The van der Waals surface area contributed by atoms with Gasteiger partial charge in [0.15, 0.2) is 0 Å². The summed E-state index contributed by atoms with van der Waals surface area (Å²) in [6.45, 7) is 4.41. The van der Waals surface area contributed by atoms with Gasteiger partial charge in [-0.2, -0.15) is 0 Å². The molecule has 2 aliphatic rings. The zero-order valence-corrected chi connectivity index (χ0v) is 26.7. The van der Waals surface area contributed by atoms with Gasteiger partial charge in [-0.3, -0.25) is 14.4 Å². The first-order valence-electron chi connectivity index (χ1n) is 16.6. The molecule has 1 aliphatic carbocycles. The predicted molar refractivity (Wildman–Crippen MR) is 184 cm³/mol. The number of aryl methyl sites for hydroxylation is 1. The third-order valence-corrected chi connectivity index (χ3v) is 9.81. The third-order valence-electron chi connectivity index (χ3n) is 9.81. The van der Waals surface area contributed by atoms with Crippen molar-refractivity contribution in [1.82, 2.24) is 5.32 Å². The van der Waals surface area contributed by atoms with Crippen molar-refractivity contribution in [3.8, 4) is 22.3 Å². The van der Waals surface area contributed by atoms with Crippen LogP contribution in [-0.4, -0.2) is 17.7 Å². The quantitative estimate of drug-likeness (QED) is 0.181.